The second-order valence-electron chi connectivity index (χ2n) is 11.5. The van der Waals surface area contributed by atoms with Crippen molar-refractivity contribution in [2.45, 2.75) is 0 Å². The van der Waals surface area contributed by atoms with Crippen LogP contribution in [0.1, 0.15) is 0 Å². The van der Waals surface area contributed by atoms with Gasteiger partial charge in [-0.1, -0.05) is 97.1 Å². The lowest BCUT2D eigenvalue weighted by molar-refractivity contribution is 0.667. The number of hydrogen-bond donors (Lipinski definition) is 0. The van der Waals surface area contributed by atoms with E-state index in [0.29, 0.717) is 23.1 Å². The summed E-state index contributed by atoms with van der Waals surface area (Å²) in [5.41, 5.74) is 9.13. The molecule has 0 unspecified atom stereocenters. The molecular weight excluding hydrogens is 552 g/mol. The molecule has 5 nitrogen and oxygen atoms in total. The van der Waals surface area contributed by atoms with Gasteiger partial charge in [0.05, 0.1) is 6.20 Å². The highest BCUT2D eigenvalue weighted by Gasteiger charge is 2.23. The highest BCUT2D eigenvalue weighted by atomic mass is 16.3. The molecule has 45 heavy (non-hydrogen) atoms. The minimum absolute atomic E-state index is 0.554. The van der Waals surface area contributed by atoms with Gasteiger partial charge in [-0.3, -0.25) is 4.98 Å². The molecule has 208 valence electrons. The molecule has 0 spiro atoms. The molecule has 6 aromatic carbocycles. The fourth-order valence-electron chi connectivity index (χ4n) is 6.88. The molecule has 1 aliphatic rings. The topological polar surface area (TPSA) is 64.7 Å². The van der Waals surface area contributed by atoms with Gasteiger partial charge < -0.3 is 4.42 Å². The van der Waals surface area contributed by atoms with Crippen LogP contribution in [0, 0.1) is 0 Å². The number of pyridine rings is 1. The molecule has 0 bridgehead atoms. The molecule has 0 saturated heterocycles. The van der Waals surface area contributed by atoms with Crippen molar-refractivity contribution in [2.75, 3.05) is 0 Å². The number of hydrogen-bond acceptors (Lipinski definition) is 5. The minimum atomic E-state index is 0.554. The molecule has 0 amide bonds. The van der Waals surface area contributed by atoms with E-state index in [9.17, 15) is 0 Å². The summed E-state index contributed by atoms with van der Waals surface area (Å²) in [6.45, 7) is 0. The van der Waals surface area contributed by atoms with Crippen LogP contribution in [-0.4, -0.2) is 19.9 Å². The van der Waals surface area contributed by atoms with E-state index in [1.54, 1.807) is 6.20 Å². The molecule has 9 aromatic rings. The molecule has 3 aromatic heterocycles. The molecule has 0 fully saturated rings. The normalized spacial score (nSPS) is 12.0. The van der Waals surface area contributed by atoms with Gasteiger partial charge in [-0.25, -0.2) is 15.0 Å². The van der Waals surface area contributed by atoms with Crippen molar-refractivity contribution >= 4 is 43.5 Å². The summed E-state index contributed by atoms with van der Waals surface area (Å²) in [5.74, 6) is 1.77. The number of rotatable bonds is 3. The number of aromatic nitrogens is 4. The second-order valence-corrected chi connectivity index (χ2v) is 11.5. The summed E-state index contributed by atoms with van der Waals surface area (Å²) in [6.07, 6.45) is 3.58. The van der Waals surface area contributed by atoms with Crippen LogP contribution >= 0.6 is 0 Å². The van der Waals surface area contributed by atoms with Crippen LogP contribution in [0.5, 0.6) is 0 Å². The van der Waals surface area contributed by atoms with E-state index in [-0.39, 0.29) is 0 Å². The van der Waals surface area contributed by atoms with Crippen molar-refractivity contribution in [3.05, 3.63) is 134 Å². The molecule has 0 saturated carbocycles. The molecule has 0 aliphatic heterocycles. The van der Waals surface area contributed by atoms with Crippen LogP contribution in [0.15, 0.2) is 138 Å². The minimum Gasteiger partial charge on any atom is -0.454 e. The first-order chi connectivity index (χ1) is 22.3. The van der Waals surface area contributed by atoms with Crippen LogP contribution in [-0.2, 0) is 0 Å². The van der Waals surface area contributed by atoms with E-state index in [1.165, 1.54) is 33.0 Å². The quantitative estimate of drug-likeness (QED) is 0.210. The fourth-order valence-corrected chi connectivity index (χ4v) is 6.88. The average molecular weight is 575 g/mol. The van der Waals surface area contributed by atoms with Gasteiger partial charge in [0.1, 0.15) is 5.58 Å². The molecule has 0 radical (unpaired) electrons. The second kappa shape index (κ2) is 9.15. The van der Waals surface area contributed by atoms with E-state index in [4.69, 9.17) is 19.4 Å². The summed E-state index contributed by atoms with van der Waals surface area (Å²) in [7, 11) is 0. The maximum Gasteiger partial charge on any atom is 0.166 e. The van der Waals surface area contributed by atoms with Crippen molar-refractivity contribution in [1.29, 1.82) is 0 Å². The molecule has 0 atom stereocenters. The Hall–Kier alpha value is -6.20. The molecule has 0 N–H and O–H groups in total. The van der Waals surface area contributed by atoms with Crippen LogP contribution in [0.3, 0.4) is 0 Å². The lowest BCUT2D eigenvalue weighted by Crippen LogP contribution is -2.01. The van der Waals surface area contributed by atoms with E-state index >= 15 is 0 Å². The van der Waals surface area contributed by atoms with Crippen molar-refractivity contribution in [2.24, 2.45) is 0 Å². The lowest BCUT2D eigenvalue weighted by atomic mass is 9.99. The Morgan fingerprint density at radius 1 is 0.400 bits per heavy atom. The van der Waals surface area contributed by atoms with Crippen molar-refractivity contribution in [3.63, 3.8) is 0 Å². The van der Waals surface area contributed by atoms with Crippen LogP contribution in [0.4, 0.5) is 0 Å². The lowest BCUT2D eigenvalue weighted by Gasteiger charge is -2.11. The van der Waals surface area contributed by atoms with Crippen molar-refractivity contribution < 1.29 is 4.42 Å². The van der Waals surface area contributed by atoms with Gasteiger partial charge in [-0.2, -0.15) is 0 Å². The largest absolute Gasteiger partial charge is 0.454 e. The van der Waals surface area contributed by atoms with Crippen molar-refractivity contribution in [3.8, 4) is 56.4 Å². The maximum absolute atomic E-state index is 6.18. The summed E-state index contributed by atoms with van der Waals surface area (Å²) in [4.78, 5) is 19.9. The summed E-state index contributed by atoms with van der Waals surface area (Å²) in [6, 6.07) is 42.3. The molecular formula is C40H22N4O. The van der Waals surface area contributed by atoms with Crippen LogP contribution in [0.25, 0.3) is 99.9 Å². The number of furan rings is 1. The van der Waals surface area contributed by atoms with Gasteiger partial charge in [0.25, 0.3) is 0 Å². The number of benzene rings is 6. The van der Waals surface area contributed by atoms with Gasteiger partial charge in [-0.05, 0) is 68.1 Å². The fraction of sp³-hybridized carbons (Fsp3) is 0. The summed E-state index contributed by atoms with van der Waals surface area (Å²) < 4.78 is 6.18. The zero-order valence-corrected chi connectivity index (χ0v) is 23.9. The van der Waals surface area contributed by atoms with Crippen molar-refractivity contribution in [1.82, 2.24) is 19.9 Å². The predicted octanol–water partition coefficient (Wildman–Crippen LogP) is 10.1. The summed E-state index contributed by atoms with van der Waals surface area (Å²) in [5, 5.41) is 6.67. The highest BCUT2D eigenvalue weighted by molar-refractivity contribution is 6.16. The van der Waals surface area contributed by atoms with Gasteiger partial charge in [0, 0.05) is 33.7 Å². The first kappa shape index (κ1) is 24.3. The van der Waals surface area contributed by atoms with Crippen LogP contribution < -0.4 is 0 Å². The number of para-hydroxylation sites is 1. The average Bonchev–Trinajstić information content (AvgIpc) is 3.65. The Bertz CT molecular complexity index is 2670. The zero-order chi connectivity index (χ0) is 29.5. The molecule has 1 aliphatic carbocycles. The van der Waals surface area contributed by atoms with Crippen LogP contribution in [0.2, 0.25) is 0 Å². The third-order valence-electron chi connectivity index (χ3n) is 8.91. The van der Waals surface area contributed by atoms with Gasteiger partial charge in [0.2, 0.25) is 0 Å². The molecule has 10 rings (SSSR count). The first-order valence-electron chi connectivity index (χ1n) is 15.0. The highest BCUT2D eigenvalue weighted by Crippen LogP contribution is 2.48. The maximum atomic E-state index is 6.18. The SMILES string of the molecule is c1ccc2c(c1)-c1cccc3cc(-c4nc(-c5ccc6ccccc6c5)nc(-c5cncc6oc7ccccc7c56)n4)cc-2c13. The third-order valence-corrected chi connectivity index (χ3v) is 8.91. The Kier molecular flexibility index (Phi) is 4.93. The standard InChI is InChI=1S/C40H22N4O/c1-2-9-24-18-26(17-16-23(24)8-1)38-42-39(27-19-25-10-7-14-30-28-11-3-4-12-29(28)32(20-27)36(25)30)44-40(43-38)33-21-41-22-35-37(33)31-13-5-6-15-34(31)45-35/h1-22H. The smallest absolute Gasteiger partial charge is 0.166 e. The van der Waals surface area contributed by atoms with E-state index in [0.717, 1.165) is 43.8 Å². The summed E-state index contributed by atoms with van der Waals surface area (Å²) >= 11 is 0. The monoisotopic (exact) mass is 574 g/mol. The van der Waals surface area contributed by atoms with E-state index < -0.39 is 0 Å². The van der Waals surface area contributed by atoms with E-state index in [1.807, 2.05) is 24.4 Å². The van der Waals surface area contributed by atoms with E-state index in [2.05, 4.69) is 108 Å². The van der Waals surface area contributed by atoms with Gasteiger partial charge in [0.15, 0.2) is 23.1 Å². The molecule has 3 heterocycles. The third kappa shape index (κ3) is 3.61. The number of nitrogens with zero attached hydrogens (tertiary/aromatic N) is 4. The predicted molar refractivity (Wildman–Crippen MR) is 181 cm³/mol. The Balaban J connectivity index is 1.26. The van der Waals surface area contributed by atoms with Gasteiger partial charge in [-0.15, -0.1) is 0 Å². The zero-order valence-electron chi connectivity index (χ0n) is 23.9. The van der Waals surface area contributed by atoms with Gasteiger partial charge >= 0.3 is 0 Å². The Morgan fingerprint density at radius 2 is 1.09 bits per heavy atom. The number of fused-ring (bicyclic) bond motifs is 7. The Morgan fingerprint density at radius 3 is 2.00 bits per heavy atom. The molecule has 5 heteroatoms. The Labute approximate surface area is 257 Å². The first-order valence-corrected chi connectivity index (χ1v) is 15.0.